The van der Waals surface area contributed by atoms with Crippen LogP contribution in [0.5, 0.6) is 0 Å². The molecule has 4 nitrogen and oxygen atoms in total. The van der Waals surface area contributed by atoms with Crippen molar-refractivity contribution in [2.45, 2.75) is 6.42 Å². The van der Waals surface area contributed by atoms with Gasteiger partial charge in [-0.1, -0.05) is 18.2 Å². The molecule has 0 radical (unpaired) electrons. The summed E-state index contributed by atoms with van der Waals surface area (Å²) in [5, 5.41) is 13.8. The molecule has 0 spiro atoms. The molecule has 1 aromatic carbocycles. The monoisotopic (exact) mass is 274 g/mol. The standard InChI is InChI=1S/C15H14FNO3/c16-10-2-1-3-11(7-10)17-14(18)12-8-4-5-9(6-8)13(12)15(19)20/h1-5,7-9,12-13H,6H2,(H,17,18)(H,19,20)/p-1/t8-,9-,12-,13-/m0/s1. The number of rotatable bonds is 3. The number of carbonyl (C=O) groups is 2. The third kappa shape index (κ3) is 2.09. The summed E-state index contributed by atoms with van der Waals surface area (Å²) in [6, 6.07) is 5.54. The molecule has 2 aliphatic carbocycles. The van der Waals surface area contributed by atoms with Gasteiger partial charge in [-0.25, -0.2) is 4.39 Å². The van der Waals surface area contributed by atoms with Gasteiger partial charge in [-0.2, -0.15) is 0 Å². The Morgan fingerprint density at radius 3 is 2.55 bits per heavy atom. The van der Waals surface area contributed by atoms with Crippen LogP contribution in [0.4, 0.5) is 10.1 Å². The number of anilines is 1. The van der Waals surface area contributed by atoms with Crippen LogP contribution in [-0.2, 0) is 9.59 Å². The van der Waals surface area contributed by atoms with Crippen molar-refractivity contribution in [3.8, 4) is 0 Å². The fourth-order valence-electron chi connectivity index (χ4n) is 3.29. The number of carboxylic acids is 1. The van der Waals surface area contributed by atoms with Gasteiger partial charge in [-0.15, -0.1) is 0 Å². The van der Waals surface area contributed by atoms with Crippen LogP contribution in [0.1, 0.15) is 6.42 Å². The predicted molar refractivity (Wildman–Crippen MR) is 67.8 cm³/mol. The molecule has 104 valence electrons. The van der Waals surface area contributed by atoms with Crippen molar-refractivity contribution in [3.05, 3.63) is 42.2 Å². The summed E-state index contributed by atoms with van der Waals surface area (Å²) in [4.78, 5) is 23.5. The van der Waals surface area contributed by atoms with Gasteiger partial charge in [0.25, 0.3) is 0 Å². The number of carboxylic acid groups (broad SMARTS) is 1. The van der Waals surface area contributed by atoms with Gasteiger partial charge in [-0.3, -0.25) is 4.79 Å². The molecule has 1 fully saturated rings. The smallest absolute Gasteiger partial charge is 0.228 e. The number of aliphatic carboxylic acids is 1. The Bertz CT molecular complexity index is 599. The summed E-state index contributed by atoms with van der Waals surface area (Å²) in [5.41, 5.74) is 0.332. The lowest BCUT2D eigenvalue weighted by Gasteiger charge is -2.27. The lowest BCUT2D eigenvalue weighted by molar-refractivity contribution is -0.313. The van der Waals surface area contributed by atoms with Gasteiger partial charge in [0.05, 0.1) is 5.92 Å². The van der Waals surface area contributed by atoms with Gasteiger partial charge in [0, 0.05) is 17.6 Å². The van der Waals surface area contributed by atoms with E-state index >= 15 is 0 Å². The maximum absolute atomic E-state index is 13.1. The number of benzene rings is 1. The summed E-state index contributed by atoms with van der Waals surface area (Å²) < 4.78 is 13.1. The van der Waals surface area contributed by atoms with E-state index < -0.39 is 23.6 Å². The van der Waals surface area contributed by atoms with Crippen LogP contribution in [0.25, 0.3) is 0 Å². The quantitative estimate of drug-likeness (QED) is 0.834. The van der Waals surface area contributed by atoms with E-state index in [-0.39, 0.29) is 17.7 Å². The molecule has 20 heavy (non-hydrogen) atoms. The van der Waals surface area contributed by atoms with E-state index in [1.165, 1.54) is 18.2 Å². The number of fused-ring (bicyclic) bond motifs is 2. The van der Waals surface area contributed by atoms with E-state index in [4.69, 9.17) is 0 Å². The van der Waals surface area contributed by atoms with Crippen LogP contribution in [0.3, 0.4) is 0 Å². The van der Waals surface area contributed by atoms with Crippen molar-refractivity contribution >= 4 is 17.6 Å². The fraction of sp³-hybridized carbons (Fsp3) is 0.333. The highest BCUT2D eigenvalue weighted by atomic mass is 19.1. The first-order valence-corrected chi connectivity index (χ1v) is 6.52. The lowest BCUT2D eigenvalue weighted by Crippen LogP contribution is -2.42. The number of amides is 1. The summed E-state index contributed by atoms with van der Waals surface area (Å²) in [6.45, 7) is 0. The van der Waals surface area contributed by atoms with E-state index in [1.807, 2.05) is 12.2 Å². The van der Waals surface area contributed by atoms with Crippen LogP contribution in [0.15, 0.2) is 36.4 Å². The highest BCUT2D eigenvalue weighted by Gasteiger charge is 2.48. The number of hydrogen-bond acceptors (Lipinski definition) is 3. The topological polar surface area (TPSA) is 69.2 Å². The Morgan fingerprint density at radius 1 is 1.20 bits per heavy atom. The van der Waals surface area contributed by atoms with Crippen molar-refractivity contribution in [2.75, 3.05) is 5.32 Å². The second-order valence-corrected chi connectivity index (χ2v) is 5.32. The van der Waals surface area contributed by atoms with E-state index in [9.17, 15) is 19.1 Å². The predicted octanol–water partition coefficient (Wildman–Crippen LogP) is 0.952. The Balaban J connectivity index is 1.80. The zero-order valence-electron chi connectivity index (χ0n) is 10.6. The van der Waals surface area contributed by atoms with Crippen molar-refractivity contribution < 1.29 is 19.1 Å². The Labute approximate surface area is 115 Å². The Hall–Kier alpha value is -2.17. The van der Waals surface area contributed by atoms with Crippen molar-refractivity contribution in [1.82, 2.24) is 0 Å². The third-order valence-corrected chi connectivity index (χ3v) is 4.13. The maximum atomic E-state index is 13.1. The summed E-state index contributed by atoms with van der Waals surface area (Å²) in [7, 11) is 0. The highest BCUT2D eigenvalue weighted by molar-refractivity contribution is 5.96. The molecule has 1 saturated carbocycles. The lowest BCUT2D eigenvalue weighted by atomic mass is 9.82. The van der Waals surface area contributed by atoms with Crippen molar-refractivity contribution in [3.63, 3.8) is 0 Å². The number of hydrogen-bond donors (Lipinski definition) is 1. The van der Waals surface area contributed by atoms with Crippen molar-refractivity contribution in [1.29, 1.82) is 0 Å². The first kappa shape index (κ1) is 12.8. The largest absolute Gasteiger partial charge is 0.550 e. The van der Waals surface area contributed by atoms with Crippen LogP contribution in [0.2, 0.25) is 0 Å². The van der Waals surface area contributed by atoms with Gasteiger partial charge in [0.1, 0.15) is 5.82 Å². The van der Waals surface area contributed by atoms with Gasteiger partial charge < -0.3 is 15.2 Å². The Kier molecular flexibility index (Phi) is 3.04. The molecule has 0 unspecified atom stereocenters. The molecule has 0 saturated heterocycles. The van der Waals surface area contributed by atoms with Gasteiger partial charge in [-0.05, 0) is 36.5 Å². The molecule has 3 rings (SSSR count). The molecular formula is C15H13FNO3-. The average molecular weight is 274 g/mol. The van der Waals surface area contributed by atoms with E-state index in [0.717, 1.165) is 0 Å². The van der Waals surface area contributed by atoms with Gasteiger partial charge in [0.2, 0.25) is 5.91 Å². The average Bonchev–Trinajstić information content (AvgIpc) is 2.98. The fourth-order valence-corrected chi connectivity index (χ4v) is 3.29. The van der Waals surface area contributed by atoms with Crippen LogP contribution >= 0.6 is 0 Å². The minimum Gasteiger partial charge on any atom is -0.550 e. The minimum atomic E-state index is -1.19. The molecule has 2 bridgehead atoms. The molecule has 2 aliphatic rings. The highest BCUT2D eigenvalue weighted by Crippen LogP contribution is 2.48. The number of halogens is 1. The van der Waals surface area contributed by atoms with Crippen LogP contribution in [-0.4, -0.2) is 11.9 Å². The first-order chi connectivity index (χ1) is 9.56. The number of carbonyl (C=O) groups excluding carboxylic acids is 2. The molecule has 1 aromatic rings. The maximum Gasteiger partial charge on any atom is 0.228 e. The molecule has 0 aromatic heterocycles. The molecular weight excluding hydrogens is 261 g/mol. The zero-order chi connectivity index (χ0) is 14.3. The number of nitrogens with one attached hydrogen (secondary N) is 1. The minimum absolute atomic E-state index is 0.0727. The molecule has 0 aliphatic heterocycles. The zero-order valence-corrected chi connectivity index (χ0v) is 10.6. The second kappa shape index (κ2) is 4.74. The first-order valence-electron chi connectivity index (χ1n) is 6.52. The van der Waals surface area contributed by atoms with Gasteiger partial charge >= 0.3 is 0 Å². The SMILES string of the molecule is O=C([O-])[C@@H]1[C@@H](C(=O)Nc2cccc(F)c2)[C@H]2C=C[C@H]1C2. The Morgan fingerprint density at radius 2 is 1.90 bits per heavy atom. The number of allylic oxidation sites excluding steroid dienone is 2. The summed E-state index contributed by atoms with van der Waals surface area (Å²) >= 11 is 0. The van der Waals surface area contributed by atoms with E-state index in [2.05, 4.69) is 5.32 Å². The molecule has 1 N–H and O–H groups in total. The van der Waals surface area contributed by atoms with E-state index in [0.29, 0.717) is 12.1 Å². The van der Waals surface area contributed by atoms with Gasteiger partial charge in [0.15, 0.2) is 0 Å². The third-order valence-electron chi connectivity index (χ3n) is 4.13. The second-order valence-electron chi connectivity index (χ2n) is 5.32. The molecule has 4 atom stereocenters. The summed E-state index contributed by atoms with van der Waals surface area (Å²) in [6.07, 6.45) is 4.40. The summed E-state index contributed by atoms with van der Waals surface area (Å²) in [5.74, 6) is -3.67. The van der Waals surface area contributed by atoms with Crippen molar-refractivity contribution in [2.24, 2.45) is 23.7 Å². The van der Waals surface area contributed by atoms with Crippen LogP contribution < -0.4 is 10.4 Å². The van der Waals surface area contributed by atoms with Crippen LogP contribution in [0, 0.1) is 29.5 Å². The van der Waals surface area contributed by atoms with E-state index in [1.54, 1.807) is 6.07 Å². The normalized spacial score (nSPS) is 30.4. The molecule has 0 heterocycles. The molecule has 5 heteroatoms. The molecule has 1 amide bonds.